The van der Waals surface area contributed by atoms with E-state index in [1.54, 1.807) is 23.1 Å². The first-order valence-electron chi connectivity index (χ1n) is 8.51. The monoisotopic (exact) mass is 339 g/mol. The lowest BCUT2D eigenvalue weighted by Gasteiger charge is -2.21. The zero-order valence-electron chi connectivity index (χ0n) is 15.0. The second kappa shape index (κ2) is 8.87. The molecule has 0 saturated carbocycles. The molecule has 0 heterocycles. The molecule has 0 fully saturated rings. The third kappa shape index (κ3) is 5.35. The van der Waals surface area contributed by atoms with E-state index in [0.717, 1.165) is 11.4 Å². The van der Waals surface area contributed by atoms with Crippen LogP contribution in [0.4, 0.5) is 11.4 Å². The Bertz CT molecular complexity index is 714. The summed E-state index contributed by atoms with van der Waals surface area (Å²) >= 11 is 0. The second-order valence-electron chi connectivity index (χ2n) is 6.04. The van der Waals surface area contributed by atoms with Crippen LogP contribution in [-0.4, -0.2) is 30.9 Å². The van der Waals surface area contributed by atoms with E-state index in [1.807, 2.05) is 57.2 Å². The lowest BCUT2D eigenvalue weighted by atomic mass is 10.1. The first-order chi connectivity index (χ1) is 12.0. The summed E-state index contributed by atoms with van der Waals surface area (Å²) in [6, 6.07) is 16.8. The summed E-state index contributed by atoms with van der Waals surface area (Å²) < 4.78 is 0. The summed E-state index contributed by atoms with van der Waals surface area (Å²) in [5.74, 6) is -0.143. The highest BCUT2D eigenvalue weighted by molar-refractivity contribution is 5.97. The van der Waals surface area contributed by atoms with Crippen LogP contribution in [0.3, 0.4) is 0 Å². The predicted molar refractivity (Wildman–Crippen MR) is 102 cm³/mol. The van der Waals surface area contributed by atoms with Gasteiger partial charge in [0.1, 0.15) is 0 Å². The standard InChI is InChI=1S/C20H25N3O2/c1-4-23(18-11-6-5-7-12-18)19(24)14-21-17-10-8-9-16(13-17)20(25)22-15(2)3/h5-13,15,21H,4,14H2,1-3H3,(H,22,25). The largest absolute Gasteiger partial charge is 0.376 e. The molecular formula is C20H25N3O2. The van der Waals surface area contributed by atoms with Crippen molar-refractivity contribution in [2.45, 2.75) is 26.8 Å². The number of amides is 2. The van der Waals surface area contributed by atoms with Crippen LogP contribution in [0.1, 0.15) is 31.1 Å². The van der Waals surface area contributed by atoms with Crippen LogP contribution >= 0.6 is 0 Å². The van der Waals surface area contributed by atoms with Crippen LogP contribution in [-0.2, 0) is 4.79 Å². The maximum Gasteiger partial charge on any atom is 0.251 e. The molecule has 2 aromatic rings. The van der Waals surface area contributed by atoms with Gasteiger partial charge < -0.3 is 15.5 Å². The fraction of sp³-hybridized carbons (Fsp3) is 0.300. The van der Waals surface area contributed by atoms with E-state index >= 15 is 0 Å². The van der Waals surface area contributed by atoms with Gasteiger partial charge in [0.2, 0.25) is 5.91 Å². The van der Waals surface area contributed by atoms with Crippen molar-refractivity contribution in [3.8, 4) is 0 Å². The Morgan fingerprint density at radius 1 is 1.04 bits per heavy atom. The molecule has 0 saturated heterocycles. The molecule has 5 heteroatoms. The number of benzene rings is 2. The summed E-state index contributed by atoms with van der Waals surface area (Å²) in [5, 5.41) is 5.96. The molecule has 0 bridgehead atoms. The van der Waals surface area contributed by atoms with E-state index in [4.69, 9.17) is 0 Å². The molecule has 0 spiro atoms. The SMILES string of the molecule is CCN(C(=O)CNc1cccc(C(=O)NC(C)C)c1)c1ccccc1. The van der Waals surface area contributed by atoms with Crippen molar-refractivity contribution in [1.29, 1.82) is 0 Å². The molecule has 2 amide bonds. The molecule has 0 unspecified atom stereocenters. The molecule has 0 aliphatic carbocycles. The first kappa shape index (κ1) is 18.5. The van der Waals surface area contributed by atoms with Gasteiger partial charge in [-0.2, -0.15) is 0 Å². The van der Waals surface area contributed by atoms with E-state index in [0.29, 0.717) is 12.1 Å². The van der Waals surface area contributed by atoms with E-state index in [2.05, 4.69) is 10.6 Å². The maximum absolute atomic E-state index is 12.5. The molecule has 2 rings (SSSR count). The van der Waals surface area contributed by atoms with Crippen molar-refractivity contribution in [3.05, 3.63) is 60.2 Å². The van der Waals surface area contributed by atoms with Crippen LogP contribution in [0.5, 0.6) is 0 Å². The lowest BCUT2D eigenvalue weighted by molar-refractivity contribution is -0.116. The zero-order valence-corrected chi connectivity index (χ0v) is 15.0. The molecule has 2 N–H and O–H groups in total. The number of hydrogen-bond acceptors (Lipinski definition) is 3. The Hall–Kier alpha value is -2.82. The minimum absolute atomic E-state index is 0.0225. The maximum atomic E-state index is 12.5. The first-order valence-corrected chi connectivity index (χ1v) is 8.51. The van der Waals surface area contributed by atoms with E-state index in [9.17, 15) is 9.59 Å². The average molecular weight is 339 g/mol. The predicted octanol–water partition coefficient (Wildman–Crippen LogP) is 3.29. The van der Waals surface area contributed by atoms with Crippen molar-refractivity contribution in [3.63, 3.8) is 0 Å². The molecule has 0 aliphatic heterocycles. The molecule has 0 atom stereocenters. The van der Waals surface area contributed by atoms with Gasteiger partial charge in [0.25, 0.3) is 5.91 Å². The highest BCUT2D eigenvalue weighted by Crippen LogP contribution is 2.14. The molecular weight excluding hydrogens is 314 g/mol. The van der Waals surface area contributed by atoms with Crippen molar-refractivity contribution in [1.82, 2.24) is 5.32 Å². The van der Waals surface area contributed by atoms with Gasteiger partial charge in [-0.05, 0) is 51.1 Å². The number of hydrogen-bond donors (Lipinski definition) is 2. The third-order valence-electron chi connectivity index (χ3n) is 3.67. The molecule has 25 heavy (non-hydrogen) atoms. The van der Waals surface area contributed by atoms with Gasteiger partial charge in [0.05, 0.1) is 6.54 Å². The number of nitrogens with one attached hydrogen (secondary N) is 2. The number of para-hydroxylation sites is 1. The van der Waals surface area contributed by atoms with Crippen molar-refractivity contribution < 1.29 is 9.59 Å². The molecule has 0 aromatic heterocycles. The smallest absolute Gasteiger partial charge is 0.251 e. The average Bonchev–Trinajstić information content (AvgIpc) is 2.61. The van der Waals surface area contributed by atoms with E-state index < -0.39 is 0 Å². The minimum atomic E-state index is -0.121. The van der Waals surface area contributed by atoms with Gasteiger partial charge in [-0.15, -0.1) is 0 Å². The van der Waals surface area contributed by atoms with Gasteiger partial charge in [-0.3, -0.25) is 9.59 Å². The molecule has 0 aliphatic rings. The summed E-state index contributed by atoms with van der Waals surface area (Å²) in [4.78, 5) is 26.3. The van der Waals surface area contributed by atoms with Crippen molar-refractivity contribution in [2.24, 2.45) is 0 Å². The van der Waals surface area contributed by atoms with Crippen LogP contribution in [0, 0.1) is 0 Å². The van der Waals surface area contributed by atoms with Gasteiger partial charge in [-0.25, -0.2) is 0 Å². The quantitative estimate of drug-likeness (QED) is 0.814. The van der Waals surface area contributed by atoms with Crippen LogP contribution in [0.2, 0.25) is 0 Å². The van der Waals surface area contributed by atoms with Gasteiger partial charge in [0, 0.05) is 29.5 Å². The minimum Gasteiger partial charge on any atom is -0.376 e. The summed E-state index contributed by atoms with van der Waals surface area (Å²) in [7, 11) is 0. The van der Waals surface area contributed by atoms with Crippen molar-refractivity contribution >= 4 is 23.2 Å². The molecule has 0 radical (unpaired) electrons. The number of rotatable bonds is 7. The summed E-state index contributed by atoms with van der Waals surface area (Å²) in [6.45, 7) is 6.55. The highest BCUT2D eigenvalue weighted by Gasteiger charge is 2.13. The number of likely N-dealkylation sites (N-methyl/N-ethyl adjacent to an activating group) is 1. The number of anilines is 2. The van der Waals surface area contributed by atoms with Gasteiger partial charge in [-0.1, -0.05) is 24.3 Å². The van der Waals surface area contributed by atoms with Crippen LogP contribution < -0.4 is 15.5 Å². The Kier molecular flexibility index (Phi) is 6.57. The van der Waals surface area contributed by atoms with Crippen molar-refractivity contribution in [2.75, 3.05) is 23.3 Å². The number of nitrogens with zero attached hydrogens (tertiary/aromatic N) is 1. The van der Waals surface area contributed by atoms with Gasteiger partial charge in [0.15, 0.2) is 0 Å². The van der Waals surface area contributed by atoms with E-state index in [1.165, 1.54) is 0 Å². The Balaban J connectivity index is 2.00. The normalized spacial score (nSPS) is 10.4. The fourth-order valence-electron chi connectivity index (χ4n) is 2.50. The number of carbonyl (C=O) groups is 2. The van der Waals surface area contributed by atoms with Crippen LogP contribution in [0.15, 0.2) is 54.6 Å². The summed E-state index contributed by atoms with van der Waals surface area (Å²) in [6.07, 6.45) is 0. The van der Waals surface area contributed by atoms with E-state index in [-0.39, 0.29) is 24.4 Å². The Morgan fingerprint density at radius 2 is 1.76 bits per heavy atom. The topological polar surface area (TPSA) is 61.4 Å². The second-order valence-corrected chi connectivity index (χ2v) is 6.04. The third-order valence-corrected chi connectivity index (χ3v) is 3.67. The molecule has 5 nitrogen and oxygen atoms in total. The van der Waals surface area contributed by atoms with Gasteiger partial charge >= 0.3 is 0 Å². The highest BCUT2D eigenvalue weighted by atomic mass is 16.2. The molecule has 132 valence electrons. The zero-order chi connectivity index (χ0) is 18.2. The lowest BCUT2D eigenvalue weighted by Crippen LogP contribution is -2.35. The fourth-order valence-corrected chi connectivity index (χ4v) is 2.50. The van der Waals surface area contributed by atoms with Crippen LogP contribution in [0.25, 0.3) is 0 Å². The Morgan fingerprint density at radius 3 is 2.40 bits per heavy atom. The summed E-state index contributed by atoms with van der Waals surface area (Å²) in [5.41, 5.74) is 2.19. The molecule has 2 aromatic carbocycles. The number of carbonyl (C=O) groups excluding carboxylic acids is 2. The Labute approximate surface area is 149 Å².